The predicted molar refractivity (Wildman–Crippen MR) is 158 cm³/mol. The lowest BCUT2D eigenvalue weighted by molar-refractivity contribution is -0.139. The van der Waals surface area contributed by atoms with Gasteiger partial charge in [-0.1, -0.05) is 42.3 Å². The highest BCUT2D eigenvalue weighted by atomic mass is 35.5. The van der Waals surface area contributed by atoms with Crippen molar-refractivity contribution in [2.45, 2.75) is 64.0 Å². The van der Waals surface area contributed by atoms with Crippen LogP contribution >= 0.6 is 23.2 Å². The zero-order valence-corrected chi connectivity index (χ0v) is 24.9. The quantitative estimate of drug-likeness (QED) is 0.294. The molecular weight excluding hydrogens is 568 g/mol. The summed E-state index contributed by atoms with van der Waals surface area (Å²) >= 11 is 12.8. The Morgan fingerprint density at radius 3 is 2.39 bits per heavy atom. The highest BCUT2D eigenvalue weighted by molar-refractivity contribution is 6.31. The van der Waals surface area contributed by atoms with Crippen molar-refractivity contribution in [3.8, 4) is 5.75 Å². The van der Waals surface area contributed by atoms with E-state index in [0.717, 1.165) is 5.56 Å². The van der Waals surface area contributed by atoms with E-state index in [1.54, 1.807) is 42.5 Å². The number of carbonyl (C=O) groups excluding carboxylic acids is 3. The SMILES string of the molecule is CC(=O)NC(=O)C(C)(C)Oc1ccc(Cl)cc1C1CC(=O)NC(c2cc(F)ccc2C)C1(C)c1ccc(Cl)cc1N. The molecule has 3 atom stereocenters. The van der Waals surface area contributed by atoms with Crippen molar-refractivity contribution in [2.24, 2.45) is 0 Å². The van der Waals surface area contributed by atoms with Gasteiger partial charge in [0.2, 0.25) is 11.8 Å². The second kappa shape index (κ2) is 11.3. The summed E-state index contributed by atoms with van der Waals surface area (Å²) in [6, 6.07) is 13.8. The van der Waals surface area contributed by atoms with Crippen LogP contribution in [0.25, 0.3) is 0 Å². The van der Waals surface area contributed by atoms with E-state index in [1.165, 1.54) is 32.9 Å². The number of rotatable bonds is 6. The van der Waals surface area contributed by atoms with Crippen LogP contribution in [0.4, 0.5) is 10.1 Å². The highest BCUT2D eigenvalue weighted by Crippen LogP contribution is 2.55. The maximum absolute atomic E-state index is 14.6. The third-order valence-electron chi connectivity index (χ3n) is 7.71. The molecule has 3 aromatic rings. The fourth-order valence-corrected chi connectivity index (χ4v) is 5.97. The van der Waals surface area contributed by atoms with Gasteiger partial charge < -0.3 is 15.8 Å². The molecule has 0 spiro atoms. The first-order valence-electron chi connectivity index (χ1n) is 13.0. The van der Waals surface area contributed by atoms with Gasteiger partial charge in [0.15, 0.2) is 5.60 Å². The van der Waals surface area contributed by atoms with Gasteiger partial charge in [0.25, 0.3) is 5.91 Å². The van der Waals surface area contributed by atoms with E-state index in [1.807, 2.05) is 13.8 Å². The number of anilines is 1. The van der Waals surface area contributed by atoms with E-state index in [9.17, 15) is 18.8 Å². The molecule has 1 aliphatic rings. The van der Waals surface area contributed by atoms with Gasteiger partial charge in [-0.05, 0) is 79.9 Å². The molecule has 41 heavy (non-hydrogen) atoms. The Labute approximate surface area is 248 Å². The molecule has 1 saturated heterocycles. The van der Waals surface area contributed by atoms with E-state index in [2.05, 4.69) is 10.6 Å². The van der Waals surface area contributed by atoms with E-state index in [0.29, 0.717) is 38.2 Å². The Morgan fingerprint density at radius 1 is 1.07 bits per heavy atom. The molecule has 4 rings (SSSR count). The van der Waals surface area contributed by atoms with Gasteiger partial charge in [-0.15, -0.1) is 0 Å². The van der Waals surface area contributed by atoms with Crippen LogP contribution in [0.15, 0.2) is 54.6 Å². The molecule has 10 heteroatoms. The first-order valence-corrected chi connectivity index (χ1v) is 13.8. The summed E-state index contributed by atoms with van der Waals surface area (Å²) < 4.78 is 20.9. The molecule has 0 aromatic heterocycles. The number of amides is 3. The fourth-order valence-electron chi connectivity index (χ4n) is 5.61. The van der Waals surface area contributed by atoms with Gasteiger partial charge in [-0.3, -0.25) is 19.7 Å². The third-order valence-corrected chi connectivity index (χ3v) is 8.18. The molecular formula is C31H32Cl2FN3O4. The molecule has 7 nitrogen and oxygen atoms in total. The number of hydrogen-bond acceptors (Lipinski definition) is 5. The maximum Gasteiger partial charge on any atom is 0.270 e. The first kappa shape index (κ1) is 30.3. The Kier molecular flexibility index (Phi) is 8.39. The molecule has 3 unspecified atom stereocenters. The van der Waals surface area contributed by atoms with Crippen molar-refractivity contribution >= 4 is 46.6 Å². The molecule has 0 aliphatic carbocycles. The lowest BCUT2D eigenvalue weighted by Crippen LogP contribution is -2.52. The van der Waals surface area contributed by atoms with E-state index >= 15 is 0 Å². The zero-order chi connectivity index (χ0) is 30.3. The van der Waals surface area contributed by atoms with Crippen LogP contribution < -0.4 is 21.1 Å². The standard InChI is InChI=1S/C31H32Cl2FN3O4/c1-16-6-9-20(34)14-21(16)28-31(5,23-10-7-19(33)13-25(23)35)24(15-27(39)37-28)22-12-18(32)8-11-26(22)41-30(3,4)29(40)36-17(2)38/h6-14,24,28H,15,35H2,1-5H3,(H,37,39)(H,36,38,40). The zero-order valence-electron chi connectivity index (χ0n) is 23.4. The average molecular weight is 601 g/mol. The van der Waals surface area contributed by atoms with Crippen molar-refractivity contribution in [1.29, 1.82) is 0 Å². The fraction of sp³-hybridized carbons (Fsp3) is 0.323. The van der Waals surface area contributed by atoms with Crippen molar-refractivity contribution in [3.63, 3.8) is 0 Å². The topological polar surface area (TPSA) is 111 Å². The third kappa shape index (κ3) is 6.04. The second-order valence-corrected chi connectivity index (χ2v) is 12.0. The Morgan fingerprint density at radius 2 is 1.73 bits per heavy atom. The molecule has 0 radical (unpaired) electrons. The summed E-state index contributed by atoms with van der Waals surface area (Å²) in [5.74, 6) is -2.18. The number of aryl methyl sites for hydroxylation is 1. The van der Waals surface area contributed by atoms with E-state index < -0.39 is 40.6 Å². The number of nitrogens with two attached hydrogens (primary N) is 1. The number of imide groups is 1. The largest absolute Gasteiger partial charge is 0.478 e. The van der Waals surface area contributed by atoms with Crippen molar-refractivity contribution in [2.75, 3.05) is 5.73 Å². The number of nitrogens with one attached hydrogen (secondary N) is 2. The van der Waals surface area contributed by atoms with Crippen LogP contribution in [-0.4, -0.2) is 23.3 Å². The molecule has 216 valence electrons. The van der Waals surface area contributed by atoms with Crippen LogP contribution in [-0.2, 0) is 19.8 Å². The van der Waals surface area contributed by atoms with Gasteiger partial charge in [0, 0.05) is 46.0 Å². The molecule has 1 fully saturated rings. The summed E-state index contributed by atoms with van der Waals surface area (Å²) in [6.45, 7) is 8.10. The number of nitrogen functional groups attached to an aromatic ring is 1. The van der Waals surface area contributed by atoms with Crippen LogP contribution in [0.2, 0.25) is 10.0 Å². The van der Waals surface area contributed by atoms with Gasteiger partial charge >= 0.3 is 0 Å². The minimum absolute atomic E-state index is 0.0141. The molecule has 1 heterocycles. The highest BCUT2D eigenvalue weighted by Gasteiger charge is 2.51. The maximum atomic E-state index is 14.6. The van der Waals surface area contributed by atoms with Crippen molar-refractivity contribution in [1.82, 2.24) is 10.6 Å². The minimum Gasteiger partial charge on any atom is -0.478 e. The first-order chi connectivity index (χ1) is 19.1. The molecule has 4 N–H and O–H groups in total. The predicted octanol–water partition coefficient (Wildman–Crippen LogP) is 6.15. The Bertz CT molecular complexity index is 1540. The second-order valence-electron chi connectivity index (χ2n) is 11.1. The number of piperidine rings is 1. The van der Waals surface area contributed by atoms with Crippen LogP contribution in [0.5, 0.6) is 5.75 Å². The van der Waals surface area contributed by atoms with Crippen LogP contribution in [0.3, 0.4) is 0 Å². The van der Waals surface area contributed by atoms with Crippen LogP contribution in [0.1, 0.15) is 68.3 Å². The van der Waals surface area contributed by atoms with Crippen molar-refractivity contribution in [3.05, 3.63) is 92.7 Å². The number of halogens is 3. The Hall–Kier alpha value is -3.62. The van der Waals surface area contributed by atoms with Crippen molar-refractivity contribution < 1.29 is 23.5 Å². The summed E-state index contributed by atoms with van der Waals surface area (Å²) in [5, 5.41) is 6.17. The number of carbonyl (C=O) groups is 3. The van der Waals surface area contributed by atoms with Gasteiger partial charge in [0.05, 0.1) is 6.04 Å². The number of hydrogen-bond donors (Lipinski definition) is 3. The summed E-state index contributed by atoms with van der Waals surface area (Å²) in [7, 11) is 0. The average Bonchev–Trinajstić information content (AvgIpc) is 2.87. The number of ether oxygens (including phenoxy) is 1. The summed E-state index contributed by atoms with van der Waals surface area (Å²) in [5.41, 5.74) is 7.12. The minimum atomic E-state index is -1.46. The van der Waals surface area contributed by atoms with Gasteiger partial charge in [-0.25, -0.2) is 4.39 Å². The lowest BCUT2D eigenvalue weighted by Gasteiger charge is -2.49. The lowest BCUT2D eigenvalue weighted by atomic mass is 9.59. The monoisotopic (exact) mass is 599 g/mol. The van der Waals surface area contributed by atoms with E-state index in [4.69, 9.17) is 33.7 Å². The molecule has 3 aromatic carbocycles. The molecule has 3 amide bonds. The number of benzene rings is 3. The van der Waals surface area contributed by atoms with Gasteiger partial charge in [-0.2, -0.15) is 0 Å². The van der Waals surface area contributed by atoms with E-state index in [-0.39, 0.29) is 12.3 Å². The Balaban J connectivity index is 1.97. The normalized spacial score (nSPS) is 20.7. The molecule has 1 aliphatic heterocycles. The molecule has 0 saturated carbocycles. The summed E-state index contributed by atoms with van der Waals surface area (Å²) in [6.07, 6.45) is 0.0141. The van der Waals surface area contributed by atoms with Gasteiger partial charge in [0.1, 0.15) is 11.6 Å². The summed E-state index contributed by atoms with van der Waals surface area (Å²) in [4.78, 5) is 37.7. The molecule has 0 bridgehead atoms. The van der Waals surface area contributed by atoms with Crippen LogP contribution in [0, 0.1) is 12.7 Å². The smallest absolute Gasteiger partial charge is 0.270 e.